The van der Waals surface area contributed by atoms with Gasteiger partial charge < -0.3 is 14.5 Å². The average molecular weight is 402 g/mol. The molecule has 7 nitrogen and oxygen atoms in total. The number of aryl methyl sites for hydroxylation is 1. The maximum Gasteiger partial charge on any atom is 0.241 e. The minimum absolute atomic E-state index is 0.133. The second-order valence-electron chi connectivity index (χ2n) is 7.48. The van der Waals surface area contributed by atoms with Gasteiger partial charge in [0, 0.05) is 42.8 Å². The summed E-state index contributed by atoms with van der Waals surface area (Å²) in [5, 5.41) is 0. The highest BCUT2D eigenvalue weighted by atomic mass is 16.5. The standard InChI is InChI=1S/C23H22N4O3/c28-21(22-26-18-3-1-2-4-19(18)27-22)16-5-7-17(8-6-16)30-23-20(24-11-12-25-23)15-9-13-29-14-10-15/h1,3,5-8,11-12,15H,2,4,9-10,13-14H2,(H,26,27). The molecule has 1 aliphatic carbocycles. The molecule has 0 atom stereocenters. The smallest absolute Gasteiger partial charge is 0.241 e. The summed E-state index contributed by atoms with van der Waals surface area (Å²) in [6, 6.07) is 7.05. The highest BCUT2D eigenvalue weighted by Gasteiger charge is 2.22. The molecule has 1 N–H and O–H groups in total. The highest BCUT2D eigenvalue weighted by molar-refractivity contribution is 6.06. The highest BCUT2D eigenvalue weighted by Crippen LogP contribution is 2.32. The van der Waals surface area contributed by atoms with Gasteiger partial charge in [0.1, 0.15) is 11.4 Å². The van der Waals surface area contributed by atoms with Crippen molar-refractivity contribution in [3.05, 3.63) is 71.2 Å². The lowest BCUT2D eigenvalue weighted by atomic mass is 9.96. The molecule has 1 aliphatic heterocycles. The maximum atomic E-state index is 12.8. The van der Waals surface area contributed by atoms with Crippen molar-refractivity contribution in [1.82, 2.24) is 19.9 Å². The van der Waals surface area contributed by atoms with E-state index in [0.717, 1.165) is 56.0 Å². The van der Waals surface area contributed by atoms with E-state index < -0.39 is 0 Å². The van der Waals surface area contributed by atoms with E-state index in [1.54, 1.807) is 36.7 Å². The Hall–Kier alpha value is -3.32. The van der Waals surface area contributed by atoms with Crippen LogP contribution in [0.3, 0.4) is 0 Å². The third kappa shape index (κ3) is 3.76. The van der Waals surface area contributed by atoms with Crippen molar-refractivity contribution in [3.63, 3.8) is 0 Å². The third-order valence-corrected chi connectivity index (χ3v) is 5.49. The fourth-order valence-electron chi connectivity index (χ4n) is 3.87. The molecule has 3 heterocycles. The summed E-state index contributed by atoms with van der Waals surface area (Å²) < 4.78 is 11.5. The van der Waals surface area contributed by atoms with Crippen molar-refractivity contribution in [1.29, 1.82) is 0 Å². The Morgan fingerprint density at radius 2 is 1.90 bits per heavy atom. The number of aromatic nitrogens is 4. The summed E-state index contributed by atoms with van der Waals surface area (Å²) in [5.41, 5.74) is 3.29. The van der Waals surface area contributed by atoms with Gasteiger partial charge >= 0.3 is 0 Å². The van der Waals surface area contributed by atoms with Gasteiger partial charge in [-0.05, 0) is 56.0 Å². The lowest BCUT2D eigenvalue weighted by Gasteiger charge is -2.22. The second kappa shape index (κ2) is 8.20. The predicted octanol–water partition coefficient (Wildman–Crippen LogP) is 4.08. The molecule has 0 amide bonds. The molecule has 152 valence electrons. The van der Waals surface area contributed by atoms with Crippen LogP contribution in [0.2, 0.25) is 0 Å². The van der Waals surface area contributed by atoms with Crippen molar-refractivity contribution in [2.24, 2.45) is 0 Å². The number of benzene rings is 1. The fraction of sp³-hybridized carbons (Fsp3) is 0.304. The number of fused-ring (bicyclic) bond motifs is 1. The van der Waals surface area contributed by atoms with Gasteiger partial charge in [-0.3, -0.25) is 9.78 Å². The number of rotatable bonds is 5. The molecular weight excluding hydrogens is 380 g/mol. The number of hydrogen-bond acceptors (Lipinski definition) is 6. The number of aromatic amines is 1. The van der Waals surface area contributed by atoms with E-state index >= 15 is 0 Å². The largest absolute Gasteiger partial charge is 0.437 e. The van der Waals surface area contributed by atoms with Crippen LogP contribution >= 0.6 is 0 Å². The Bertz CT molecular complexity index is 1080. The van der Waals surface area contributed by atoms with E-state index in [9.17, 15) is 4.79 Å². The van der Waals surface area contributed by atoms with Crippen LogP contribution < -0.4 is 4.74 Å². The fourth-order valence-corrected chi connectivity index (χ4v) is 3.87. The molecule has 5 rings (SSSR count). The van der Waals surface area contributed by atoms with E-state index in [1.807, 2.05) is 6.08 Å². The van der Waals surface area contributed by atoms with Gasteiger partial charge in [-0.1, -0.05) is 6.08 Å². The summed E-state index contributed by atoms with van der Waals surface area (Å²) >= 11 is 0. The van der Waals surface area contributed by atoms with E-state index in [-0.39, 0.29) is 11.7 Å². The predicted molar refractivity (Wildman–Crippen MR) is 111 cm³/mol. The van der Waals surface area contributed by atoms with Crippen LogP contribution in [0.15, 0.2) is 42.7 Å². The number of carbonyl (C=O) groups excluding carboxylic acids is 1. The Labute approximate surface area is 174 Å². The van der Waals surface area contributed by atoms with Gasteiger partial charge in [-0.15, -0.1) is 0 Å². The van der Waals surface area contributed by atoms with E-state index in [4.69, 9.17) is 9.47 Å². The Morgan fingerprint density at radius 1 is 1.10 bits per heavy atom. The van der Waals surface area contributed by atoms with Gasteiger partial charge in [0.25, 0.3) is 0 Å². The molecular formula is C23H22N4O3. The lowest BCUT2D eigenvalue weighted by molar-refractivity contribution is 0.0839. The van der Waals surface area contributed by atoms with Gasteiger partial charge in [0.2, 0.25) is 11.7 Å². The van der Waals surface area contributed by atoms with Crippen LogP contribution in [-0.2, 0) is 11.2 Å². The van der Waals surface area contributed by atoms with Crippen LogP contribution in [0.4, 0.5) is 0 Å². The Balaban J connectivity index is 1.33. The van der Waals surface area contributed by atoms with Gasteiger partial charge in [-0.25, -0.2) is 9.97 Å². The minimum Gasteiger partial charge on any atom is -0.437 e. The Kier molecular flexibility index (Phi) is 5.11. The van der Waals surface area contributed by atoms with E-state index in [0.29, 0.717) is 23.0 Å². The topological polar surface area (TPSA) is 90.0 Å². The van der Waals surface area contributed by atoms with Crippen molar-refractivity contribution in [2.45, 2.75) is 31.6 Å². The molecule has 2 aliphatic rings. The summed E-state index contributed by atoms with van der Waals surface area (Å²) in [4.78, 5) is 29.3. The number of nitrogens with one attached hydrogen (secondary N) is 1. The zero-order chi connectivity index (χ0) is 20.3. The van der Waals surface area contributed by atoms with Crippen LogP contribution in [-0.4, -0.2) is 38.9 Å². The SMILES string of the molecule is O=C(c1ccc(Oc2nccnc2C2CCOCC2)cc1)c1nc2c([nH]1)CCC=C2. The first-order valence-electron chi connectivity index (χ1n) is 10.2. The third-order valence-electron chi connectivity index (χ3n) is 5.49. The number of carbonyl (C=O) groups is 1. The zero-order valence-electron chi connectivity index (χ0n) is 16.5. The first-order chi connectivity index (χ1) is 14.8. The number of H-pyrrole nitrogens is 1. The summed E-state index contributed by atoms with van der Waals surface area (Å²) in [6.45, 7) is 1.45. The quantitative estimate of drug-likeness (QED) is 0.647. The van der Waals surface area contributed by atoms with E-state index in [1.165, 1.54) is 0 Å². The van der Waals surface area contributed by atoms with Crippen molar-refractivity contribution in [3.8, 4) is 11.6 Å². The zero-order valence-corrected chi connectivity index (χ0v) is 16.5. The Morgan fingerprint density at radius 3 is 2.70 bits per heavy atom. The molecule has 0 radical (unpaired) electrons. The summed E-state index contributed by atoms with van der Waals surface area (Å²) in [6.07, 6.45) is 11.0. The van der Waals surface area contributed by atoms with Crippen LogP contribution in [0.1, 0.15) is 58.4 Å². The first-order valence-corrected chi connectivity index (χ1v) is 10.2. The van der Waals surface area contributed by atoms with Crippen LogP contribution in [0.25, 0.3) is 6.08 Å². The molecule has 2 aromatic heterocycles. The minimum atomic E-state index is -0.133. The molecule has 0 spiro atoms. The molecule has 0 unspecified atom stereocenters. The lowest BCUT2D eigenvalue weighted by Crippen LogP contribution is -2.16. The average Bonchev–Trinajstić information content (AvgIpc) is 3.24. The molecule has 0 saturated carbocycles. The van der Waals surface area contributed by atoms with E-state index in [2.05, 4.69) is 26.0 Å². The molecule has 1 fully saturated rings. The molecule has 1 aromatic carbocycles. The van der Waals surface area contributed by atoms with Crippen molar-refractivity contribution >= 4 is 11.9 Å². The van der Waals surface area contributed by atoms with Crippen LogP contribution in [0, 0.1) is 0 Å². The van der Waals surface area contributed by atoms with Gasteiger partial charge in [-0.2, -0.15) is 0 Å². The molecule has 30 heavy (non-hydrogen) atoms. The first kappa shape index (κ1) is 18.7. The number of ether oxygens (including phenoxy) is 2. The molecule has 1 saturated heterocycles. The van der Waals surface area contributed by atoms with Gasteiger partial charge in [0.05, 0.1) is 5.69 Å². The van der Waals surface area contributed by atoms with Gasteiger partial charge in [0.15, 0.2) is 5.82 Å². The summed E-state index contributed by atoms with van der Waals surface area (Å²) in [7, 11) is 0. The number of imidazole rings is 1. The second-order valence-corrected chi connectivity index (χ2v) is 7.48. The van der Waals surface area contributed by atoms with Crippen molar-refractivity contribution < 1.29 is 14.3 Å². The summed E-state index contributed by atoms with van der Waals surface area (Å²) in [5.74, 6) is 1.64. The number of hydrogen-bond donors (Lipinski definition) is 1. The monoisotopic (exact) mass is 402 g/mol. The number of ketones is 1. The molecule has 3 aromatic rings. The normalized spacial score (nSPS) is 16.3. The van der Waals surface area contributed by atoms with Crippen molar-refractivity contribution in [2.75, 3.05) is 13.2 Å². The molecule has 7 heteroatoms. The maximum absolute atomic E-state index is 12.8. The van der Waals surface area contributed by atoms with Crippen LogP contribution in [0.5, 0.6) is 11.6 Å². The number of nitrogens with zero attached hydrogens (tertiary/aromatic N) is 3. The number of allylic oxidation sites excluding steroid dienone is 1. The molecule has 0 bridgehead atoms.